The van der Waals surface area contributed by atoms with E-state index in [4.69, 9.17) is 10.2 Å². The lowest BCUT2D eigenvalue weighted by Gasteiger charge is -2.27. The zero-order valence-corrected chi connectivity index (χ0v) is 8.93. The molecule has 0 saturated heterocycles. The van der Waals surface area contributed by atoms with Gasteiger partial charge in [-0.1, -0.05) is 0 Å². The van der Waals surface area contributed by atoms with Crippen LogP contribution >= 0.6 is 24.8 Å². The average molecular weight is 313 g/mol. The van der Waals surface area contributed by atoms with Gasteiger partial charge in [-0.25, -0.2) is 9.59 Å². The van der Waals surface area contributed by atoms with E-state index in [1.54, 1.807) is 0 Å². The maximum Gasteiger partial charge on any atom is 0.411 e. The first-order valence-corrected chi connectivity index (χ1v) is 2.99. The van der Waals surface area contributed by atoms with Crippen molar-refractivity contribution >= 4 is 36.8 Å². The first-order chi connectivity index (χ1) is 6.39. The lowest BCUT2D eigenvalue weighted by molar-refractivity contribution is -0.298. The first-order valence-electron chi connectivity index (χ1n) is 2.99. The van der Waals surface area contributed by atoms with E-state index in [1.807, 2.05) is 0 Å². The fourth-order valence-corrected chi connectivity index (χ4v) is 0.466. The van der Waals surface area contributed by atoms with Crippen molar-refractivity contribution in [3.05, 3.63) is 0 Å². The molecule has 0 aromatic rings. The lowest BCUT2D eigenvalue weighted by atomic mass is 10.1. The number of hydrogen-bond donors (Lipinski definition) is 2. The summed E-state index contributed by atoms with van der Waals surface area (Å²) in [5, 5.41) is 15.1. The summed E-state index contributed by atoms with van der Waals surface area (Å²) >= 11 is 0. The molecule has 0 saturated carbocycles. The summed E-state index contributed by atoms with van der Waals surface area (Å²) in [6, 6.07) is 0. The van der Waals surface area contributed by atoms with Crippen LogP contribution < -0.4 is 0 Å². The fourth-order valence-electron chi connectivity index (χ4n) is 0.466. The van der Waals surface area contributed by atoms with Crippen molar-refractivity contribution in [3.8, 4) is 0 Å². The highest BCUT2D eigenvalue weighted by Gasteiger charge is 2.78. The van der Waals surface area contributed by atoms with E-state index in [2.05, 4.69) is 0 Å². The molecule has 0 amide bonds. The molecular weight excluding hydrogens is 309 g/mol. The summed E-state index contributed by atoms with van der Waals surface area (Å²) in [4.78, 5) is 19.2. The predicted molar refractivity (Wildman–Crippen MR) is 44.6 cm³/mol. The van der Waals surface area contributed by atoms with Crippen LogP contribution in [0.1, 0.15) is 0 Å². The van der Waals surface area contributed by atoms with Crippen molar-refractivity contribution in [2.75, 3.05) is 0 Å². The molecule has 12 heteroatoms. The second-order valence-electron chi connectivity index (χ2n) is 2.33. The summed E-state index contributed by atoms with van der Waals surface area (Å²) in [5.74, 6) is -26.0. The molecule has 0 fully saturated rings. The Balaban J connectivity index is -0.000000980. The highest BCUT2D eigenvalue weighted by Crippen LogP contribution is 2.45. The van der Waals surface area contributed by atoms with Crippen LogP contribution in [0.25, 0.3) is 0 Å². The number of hydrogen-bond acceptors (Lipinski definition) is 2. The number of aliphatic carboxylic acids is 2. The van der Waals surface area contributed by atoms with Gasteiger partial charge in [-0.2, -0.15) is 26.3 Å². The van der Waals surface area contributed by atoms with E-state index in [-0.39, 0.29) is 24.8 Å². The molecule has 0 spiro atoms. The number of carbonyl (C=O) groups is 2. The molecule has 0 aliphatic rings. The van der Waals surface area contributed by atoms with Crippen molar-refractivity contribution in [1.29, 1.82) is 0 Å². The molecule has 104 valence electrons. The van der Waals surface area contributed by atoms with Crippen LogP contribution in [-0.2, 0) is 9.59 Å². The molecule has 0 bridgehead atoms. The first kappa shape index (κ1) is 21.4. The second kappa shape index (κ2) is 5.63. The van der Waals surface area contributed by atoms with E-state index in [0.717, 1.165) is 0 Å². The van der Waals surface area contributed by atoms with Gasteiger partial charge in [0.05, 0.1) is 0 Å². The maximum atomic E-state index is 12.2. The Hall–Kier alpha value is -0.900. The molecular formula is C5H4Cl2F6O4. The Kier molecular flexibility index (Phi) is 7.08. The van der Waals surface area contributed by atoms with Gasteiger partial charge in [0.1, 0.15) is 0 Å². The monoisotopic (exact) mass is 312 g/mol. The zero-order valence-electron chi connectivity index (χ0n) is 7.30. The van der Waals surface area contributed by atoms with Gasteiger partial charge >= 0.3 is 29.7 Å². The minimum Gasteiger partial charge on any atom is -0.477 e. The molecule has 0 aliphatic heterocycles. The number of rotatable bonds is 4. The highest BCUT2D eigenvalue weighted by molar-refractivity contribution is 5.85. The van der Waals surface area contributed by atoms with Gasteiger partial charge in [-0.3, -0.25) is 0 Å². The van der Waals surface area contributed by atoms with Crippen LogP contribution in [0, 0.1) is 0 Å². The molecule has 0 aromatic heterocycles. The smallest absolute Gasteiger partial charge is 0.411 e. The molecule has 2 N–H and O–H groups in total. The number of halogens is 8. The predicted octanol–water partition coefficient (Wildman–Crippen LogP) is 1.91. The van der Waals surface area contributed by atoms with Gasteiger partial charge in [0, 0.05) is 0 Å². The van der Waals surface area contributed by atoms with Crippen LogP contribution in [0.15, 0.2) is 0 Å². The maximum absolute atomic E-state index is 12.2. The van der Waals surface area contributed by atoms with Crippen LogP contribution in [0.4, 0.5) is 26.3 Å². The van der Waals surface area contributed by atoms with Crippen molar-refractivity contribution in [1.82, 2.24) is 0 Å². The standard InChI is InChI=1S/C5H2F6O4.2ClH/c6-3(7,1(12)13)5(10,11)4(8,9)2(14)15;;/h(H,12,13)(H,14,15);2*1H. The highest BCUT2D eigenvalue weighted by atomic mass is 35.5. The Morgan fingerprint density at radius 2 is 0.882 bits per heavy atom. The number of alkyl halides is 6. The summed E-state index contributed by atoms with van der Waals surface area (Å²) in [7, 11) is 0. The Labute approximate surface area is 101 Å². The average Bonchev–Trinajstić information content (AvgIpc) is 2.02. The van der Waals surface area contributed by atoms with Gasteiger partial charge in [-0.05, 0) is 0 Å². The van der Waals surface area contributed by atoms with Gasteiger partial charge in [-0.15, -0.1) is 24.8 Å². The quantitative estimate of drug-likeness (QED) is 0.778. The third-order valence-electron chi connectivity index (χ3n) is 1.33. The van der Waals surface area contributed by atoms with Crippen molar-refractivity contribution in [2.45, 2.75) is 17.8 Å². The molecule has 0 rings (SSSR count). The molecule has 0 aliphatic carbocycles. The van der Waals surface area contributed by atoms with Crippen molar-refractivity contribution < 1.29 is 46.1 Å². The van der Waals surface area contributed by atoms with Crippen LogP contribution in [0.3, 0.4) is 0 Å². The van der Waals surface area contributed by atoms with Gasteiger partial charge in [0.2, 0.25) is 0 Å². The normalized spacial score (nSPS) is 12.1. The van der Waals surface area contributed by atoms with Gasteiger partial charge < -0.3 is 10.2 Å². The third kappa shape index (κ3) is 3.06. The van der Waals surface area contributed by atoms with E-state index in [9.17, 15) is 35.9 Å². The van der Waals surface area contributed by atoms with Crippen molar-refractivity contribution in [2.24, 2.45) is 0 Å². The molecule has 0 aromatic carbocycles. The van der Waals surface area contributed by atoms with Crippen LogP contribution in [0.2, 0.25) is 0 Å². The molecule has 0 unspecified atom stereocenters. The van der Waals surface area contributed by atoms with E-state index >= 15 is 0 Å². The molecule has 4 nitrogen and oxygen atoms in total. The summed E-state index contributed by atoms with van der Waals surface area (Å²) in [6.45, 7) is 0. The zero-order chi connectivity index (χ0) is 12.7. The second-order valence-corrected chi connectivity index (χ2v) is 2.33. The number of carboxylic acids is 2. The van der Waals surface area contributed by atoms with E-state index in [1.165, 1.54) is 0 Å². The summed E-state index contributed by atoms with van der Waals surface area (Å²) in [6.07, 6.45) is 0. The Bertz CT molecular complexity index is 279. The minimum absolute atomic E-state index is 0. The molecule has 17 heavy (non-hydrogen) atoms. The summed E-state index contributed by atoms with van der Waals surface area (Å²) in [5.41, 5.74) is 0. The molecule has 0 atom stereocenters. The van der Waals surface area contributed by atoms with E-state index in [0.29, 0.717) is 0 Å². The van der Waals surface area contributed by atoms with Gasteiger partial charge in [0.25, 0.3) is 0 Å². The summed E-state index contributed by atoms with van der Waals surface area (Å²) < 4.78 is 72.8. The van der Waals surface area contributed by atoms with Crippen LogP contribution in [-0.4, -0.2) is 39.9 Å². The van der Waals surface area contributed by atoms with Crippen LogP contribution in [0.5, 0.6) is 0 Å². The topological polar surface area (TPSA) is 74.6 Å². The minimum atomic E-state index is -6.53. The van der Waals surface area contributed by atoms with Gasteiger partial charge in [0.15, 0.2) is 0 Å². The molecule has 0 radical (unpaired) electrons. The lowest BCUT2D eigenvalue weighted by Crippen LogP contribution is -2.60. The number of carboxylic acid groups (broad SMARTS) is 2. The SMILES string of the molecule is Cl.Cl.O=C(O)C(F)(F)C(F)(F)C(F)(F)C(=O)O. The molecule has 0 heterocycles. The van der Waals surface area contributed by atoms with E-state index < -0.39 is 29.7 Å². The van der Waals surface area contributed by atoms with Crippen molar-refractivity contribution in [3.63, 3.8) is 0 Å². The fraction of sp³-hybridized carbons (Fsp3) is 0.600. The Morgan fingerprint density at radius 3 is 1.00 bits per heavy atom. The largest absolute Gasteiger partial charge is 0.477 e. The third-order valence-corrected chi connectivity index (χ3v) is 1.33. The Morgan fingerprint density at radius 1 is 0.706 bits per heavy atom.